The smallest absolute Gasteiger partial charge is 0.344 e. The van der Waals surface area contributed by atoms with Crippen molar-refractivity contribution in [2.24, 2.45) is 0 Å². The fourth-order valence-electron chi connectivity index (χ4n) is 2.93. The molecule has 0 spiro atoms. The molecule has 0 saturated carbocycles. The third kappa shape index (κ3) is 5.29. The lowest BCUT2D eigenvalue weighted by Gasteiger charge is -2.21. The number of nitrogens with zero attached hydrogens (tertiary/aromatic N) is 5. The van der Waals surface area contributed by atoms with Crippen LogP contribution in [0.2, 0.25) is 0 Å². The van der Waals surface area contributed by atoms with Crippen LogP contribution < -0.4 is 19.1 Å². The number of hydrogen-bond donors (Lipinski definition) is 2. The summed E-state index contributed by atoms with van der Waals surface area (Å²) in [6, 6.07) is 4.62. The third-order valence-corrected chi connectivity index (χ3v) is 6.12. The van der Waals surface area contributed by atoms with Gasteiger partial charge in [0.05, 0.1) is 32.6 Å². The summed E-state index contributed by atoms with van der Waals surface area (Å²) in [6.07, 6.45) is 0. The van der Waals surface area contributed by atoms with Crippen molar-refractivity contribution in [3.63, 3.8) is 0 Å². The normalized spacial score (nSPS) is 11.0. The van der Waals surface area contributed by atoms with E-state index < -0.39 is 27.0 Å². The van der Waals surface area contributed by atoms with Gasteiger partial charge in [-0.3, -0.25) is 10.4 Å². The molecule has 0 saturated heterocycles. The third-order valence-electron chi connectivity index (χ3n) is 4.47. The molecule has 0 atom stereocenters. The van der Waals surface area contributed by atoms with E-state index in [1.165, 1.54) is 39.3 Å². The topological polar surface area (TPSA) is 179 Å². The molecule has 3 aromatic rings. The van der Waals surface area contributed by atoms with E-state index in [-0.39, 0.29) is 41.4 Å². The number of nitrogens with one attached hydrogen (secondary N) is 2. The Kier molecular flexibility index (Phi) is 7.49. The van der Waals surface area contributed by atoms with Crippen molar-refractivity contribution < 1.29 is 32.2 Å². The molecule has 2 N–H and O–H groups in total. The number of urea groups is 1. The number of sulfonamides is 1. The molecule has 2 amide bonds. The Balaban J connectivity index is 2.13. The van der Waals surface area contributed by atoms with Gasteiger partial charge < -0.3 is 14.2 Å². The minimum absolute atomic E-state index is 0.00158. The number of aromatic amines is 1. The van der Waals surface area contributed by atoms with E-state index in [0.717, 1.165) is 0 Å². The van der Waals surface area contributed by atoms with Crippen molar-refractivity contribution in [1.82, 2.24) is 25.1 Å². The first kappa shape index (κ1) is 25.4. The number of carbonyl (C=O) groups is 2. The van der Waals surface area contributed by atoms with Gasteiger partial charge >= 0.3 is 12.0 Å². The second-order valence-electron chi connectivity index (χ2n) is 6.85. The summed E-state index contributed by atoms with van der Waals surface area (Å²) >= 11 is 0. The van der Waals surface area contributed by atoms with Crippen LogP contribution in [0.15, 0.2) is 29.3 Å². The molecule has 0 radical (unpaired) electrons. The molecule has 0 aliphatic carbocycles. The van der Waals surface area contributed by atoms with Crippen LogP contribution in [0.3, 0.4) is 0 Å². The minimum atomic E-state index is -4.77. The van der Waals surface area contributed by atoms with Crippen molar-refractivity contribution in [1.29, 1.82) is 0 Å². The van der Waals surface area contributed by atoms with Crippen LogP contribution in [0.4, 0.5) is 16.6 Å². The van der Waals surface area contributed by atoms with Gasteiger partial charge in [-0.05, 0) is 32.9 Å². The highest BCUT2D eigenvalue weighted by Crippen LogP contribution is 2.27. The van der Waals surface area contributed by atoms with Gasteiger partial charge in [0.1, 0.15) is 5.56 Å². The van der Waals surface area contributed by atoms with Crippen molar-refractivity contribution in [3.05, 3.63) is 41.2 Å². The SMILES string of the molecule is CCOC(=O)c1c(C)n[nH]c1S(=O)(=O)N(C(=O)Nc1nc(OC)cc(OC)n1)c1cccc(C)n1. The van der Waals surface area contributed by atoms with Crippen LogP contribution in [0.1, 0.15) is 28.7 Å². The monoisotopic (exact) mass is 505 g/mol. The zero-order chi connectivity index (χ0) is 25.8. The number of amides is 2. The number of rotatable bonds is 8. The van der Waals surface area contributed by atoms with Gasteiger partial charge in [0.15, 0.2) is 10.8 Å². The minimum Gasteiger partial charge on any atom is -0.481 e. The Morgan fingerprint density at radius 1 is 1.09 bits per heavy atom. The molecule has 186 valence electrons. The number of anilines is 2. The van der Waals surface area contributed by atoms with Crippen LogP contribution in [-0.4, -0.2) is 66.4 Å². The van der Waals surface area contributed by atoms with Crippen LogP contribution in [0.5, 0.6) is 11.8 Å². The summed E-state index contributed by atoms with van der Waals surface area (Å²) in [4.78, 5) is 37.9. The summed E-state index contributed by atoms with van der Waals surface area (Å²) in [5, 5.41) is 7.80. The zero-order valence-corrected chi connectivity index (χ0v) is 20.3. The lowest BCUT2D eigenvalue weighted by atomic mass is 10.3. The highest BCUT2D eigenvalue weighted by Gasteiger charge is 2.38. The van der Waals surface area contributed by atoms with E-state index in [2.05, 4.69) is 30.5 Å². The fourth-order valence-corrected chi connectivity index (χ4v) is 4.37. The largest absolute Gasteiger partial charge is 0.481 e. The van der Waals surface area contributed by atoms with Gasteiger partial charge in [-0.25, -0.2) is 14.6 Å². The number of carbonyl (C=O) groups excluding carboxylic acids is 2. The van der Waals surface area contributed by atoms with Crippen molar-refractivity contribution in [3.8, 4) is 11.8 Å². The second kappa shape index (κ2) is 10.3. The average Bonchev–Trinajstić information content (AvgIpc) is 3.21. The molecular formula is C20H23N7O7S. The summed E-state index contributed by atoms with van der Waals surface area (Å²) in [5.74, 6) is -1.35. The molecule has 35 heavy (non-hydrogen) atoms. The lowest BCUT2D eigenvalue weighted by molar-refractivity contribution is 0.0521. The predicted molar refractivity (Wildman–Crippen MR) is 122 cm³/mol. The number of hydrogen-bond acceptors (Lipinski definition) is 11. The summed E-state index contributed by atoms with van der Waals surface area (Å²) < 4.78 is 42.9. The number of ether oxygens (including phenoxy) is 3. The van der Waals surface area contributed by atoms with Gasteiger partial charge in [0.2, 0.25) is 17.7 Å². The number of aromatic nitrogens is 5. The number of pyridine rings is 1. The maximum Gasteiger partial charge on any atom is 0.344 e. The van der Waals surface area contributed by atoms with Gasteiger partial charge in [0, 0.05) is 5.69 Å². The first-order valence-electron chi connectivity index (χ1n) is 10.1. The molecule has 0 bridgehead atoms. The molecule has 0 aromatic carbocycles. The maximum atomic E-state index is 13.7. The maximum absolute atomic E-state index is 13.7. The predicted octanol–water partition coefficient (Wildman–Crippen LogP) is 1.83. The highest BCUT2D eigenvalue weighted by molar-refractivity contribution is 7.93. The molecule has 14 nitrogen and oxygen atoms in total. The van der Waals surface area contributed by atoms with E-state index in [1.807, 2.05) is 0 Å². The van der Waals surface area contributed by atoms with E-state index in [1.54, 1.807) is 19.9 Å². The molecule has 3 rings (SSSR count). The first-order valence-corrected chi connectivity index (χ1v) is 11.6. The van der Waals surface area contributed by atoms with Crippen molar-refractivity contribution >= 4 is 33.8 Å². The number of H-pyrrole nitrogens is 1. The summed E-state index contributed by atoms with van der Waals surface area (Å²) in [6.45, 7) is 4.61. The summed E-state index contributed by atoms with van der Waals surface area (Å²) in [5.41, 5.74) is 0.165. The average molecular weight is 506 g/mol. The number of methoxy groups -OCH3 is 2. The Morgan fingerprint density at radius 3 is 2.31 bits per heavy atom. The molecule has 3 aromatic heterocycles. The summed E-state index contributed by atoms with van der Waals surface area (Å²) in [7, 11) is -2.08. The Bertz CT molecular complexity index is 1340. The molecule has 3 heterocycles. The van der Waals surface area contributed by atoms with Crippen LogP contribution in [-0.2, 0) is 14.8 Å². The van der Waals surface area contributed by atoms with Gasteiger partial charge in [-0.15, -0.1) is 0 Å². The van der Waals surface area contributed by atoms with Gasteiger partial charge in [-0.2, -0.15) is 27.8 Å². The quantitative estimate of drug-likeness (QED) is 0.427. The van der Waals surface area contributed by atoms with Gasteiger partial charge in [-0.1, -0.05) is 6.07 Å². The zero-order valence-electron chi connectivity index (χ0n) is 19.5. The van der Waals surface area contributed by atoms with E-state index in [9.17, 15) is 18.0 Å². The number of esters is 1. The molecule has 0 fully saturated rings. The highest BCUT2D eigenvalue weighted by atomic mass is 32.2. The molecular weight excluding hydrogens is 482 g/mol. The first-order chi connectivity index (χ1) is 16.6. The van der Waals surface area contributed by atoms with Crippen LogP contribution >= 0.6 is 0 Å². The van der Waals surface area contributed by atoms with Crippen molar-refractivity contribution in [2.75, 3.05) is 30.4 Å². The van der Waals surface area contributed by atoms with E-state index in [4.69, 9.17) is 14.2 Å². The molecule has 0 aliphatic rings. The second-order valence-corrected chi connectivity index (χ2v) is 8.57. The number of aryl methyl sites for hydroxylation is 2. The van der Waals surface area contributed by atoms with Crippen LogP contribution in [0.25, 0.3) is 0 Å². The Labute approximate surface area is 200 Å². The molecule has 15 heteroatoms. The lowest BCUT2D eigenvalue weighted by Crippen LogP contribution is -2.41. The Morgan fingerprint density at radius 2 is 1.74 bits per heavy atom. The van der Waals surface area contributed by atoms with E-state index >= 15 is 0 Å². The standard InChI is InChI=1S/C20H23N7O7S/c1-6-34-18(28)16-12(3)25-26-17(16)35(30,31)27(13-9-7-8-11(2)21-13)20(29)24-19-22-14(32-4)10-15(23-19)33-5/h7-10H,6H2,1-5H3,(H,25,26)(H,22,23,24,29). The van der Waals surface area contributed by atoms with Crippen LogP contribution in [0, 0.1) is 13.8 Å². The molecule has 0 aliphatic heterocycles. The van der Waals surface area contributed by atoms with Crippen molar-refractivity contribution in [2.45, 2.75) is 25.8 Å². The van der Waals surface area contributed by atoms with Gasteiger partial charge in [0.25, 0.3) is 10.0 Å². The molecule has 0 unspecified atom stereocenters. The van der Waals surface area contributed by atoms with E-state index in [0.29, 0.717) is 10.00 Å². The fraction of sp³-hybridized carbons (Fsp3) is 0.300. The Hall–Kier alpha value is -4.27.